The molecule has 0 spiro atoms. The molecule has 0 bridgehead atoms. The van der Waals surface area contributed by atoms with Gasteiger partial charge >= 0.3 is 5.97 Å². The van der Waals surface area contributed by atoms with Crippen molar-refractivity contribution in [1.29, 1.82) is 0 Å². The van der Waals surface area contributed by atoms with Crippen molar-refractivity contribution in [2.24, 2.45) is 17.8 Å². The van der Waals surface area contributed by atoms with E-state index in [0.717, 1.165) is 0 Å². The number of hydrogen-bond acceptors (Lipinski definition) is 9. The van der Waals surface area contributed by atoms with Crippen LogP contribution in [0.1, 0.15) is 12.8 Å². The predicted octanol–water partition coefficient (Wildman–Crippen LogP) is -1.22. The molecule has 0 aromatic carbocycles. The molecular formula is C21H28O9. The van der Waals surface area contributed by atoms with E-state index in [1.165, 1.54) is 0 Å². The molecule has 9 nitrogen and oxygen atoms in total. The highest BCUT2D eigenvalue weighted by Gasteiger charge is 2.56. The minimum atomic E-state index is -1.55. The zero-order valence-electron chi connectivity index (χ0n) is 16.5. The van der Waals surface area contributed by atoms with E-state index in [9.17, 15) is 30.3 Å². The summed E-state index contributed by atoms with van der Waals surface area (Å²) >= 11 is 0. The molecular weight excluding hydrogens is 396 g/mol. The maximum Gasteiger partial charge on any atom is 0.334 e. The molecule has 0 amide bonds. The summed E-state index contributed by atoms with van der Waals surface area (Å²) in [6, 6.07) is 0. The molecule has 2 saturated heterocycles. The zero-order chi connectivity index (χ0) is 21.9. The molecule has 0 aromatic rings. The fourth-order valence-electron chi connectivity index (χ4n) is 5.18. The summed E-state index contributed by atoms with van der Waals surface area (Å²) in [7, 11) is 0. The average molecular weight is 424 g/mol. The van der Waals surface area contributed by atoms with Crippen molar-refractivity contribution >= 4 is 5.97 Å². The summed E-state index contributed by atoms with van der Waals surface area (Å²) in [6.07, 6.45) is -8.33. The van der Waals surface area contributed by atoms with Gasteiger partial charge in [0.05, 0.1) is 18.8 Å². The number of aliphatic hydroxyl groups excluding tert-OH is 5. The van der Waals surface area contributed by atoms with E-state index in [4.69, 9.17) is 14.2 Å². The van der Waals surface area contributed by atoms with Crippen molar-refractivity contribution < 1.29 is 44.5 Å². The second-order valence-corrected chi connectivity index (χ2v) is 8.59. The van der Waals surface area contributed by atoms with Crippen LogP contribution in [0.25, 0.3) is 0 Å². The Balaban J connectivity index is 1.57. The molecule has 30 heavy (non-hydrogen) atoms. The lowest BCUT2D eigenvalue weighted by atomic mass is 9.82. The number of rotatable bonds is 3. The van der Waals surface area contributed by atoms with Gasteiger partial charge in [0.15, 0.2) is 6.29 Å². The van der Waals surface area contributed by atoms with Crippen LogP contribution >= 0.6 is 0 Å². The molecule has 9 heteroatoms. The molecule has 2 saturated carbocycles. The Morgan fingerprint density at radius 1 is 0.967 bits per heavy atom. The lowest BCUT2D eigenvalue weighted by Crippen LogP contribution is -2.59. The fourth-order valence-corrected chi connectivity index (χ4v) is 5.18. The second-order valence-electron chi connectivity index (χ2n) is 8.59. The summed E-state index contributed by atoms with van der Waals surface area (Å²) < 4.78 is 16.9. The summed E-state index contributed by atoms with van der Waals surface area (Å²) in [5, 5.41) is 50.2. The van der Waals surface area contributed by atoms with E-state index in [2.05, 4.69) is 19.7 Å². The Kier molecular flexibility index (Phi) is 5.65. The number of carbonyl (C=O) groups is 1. The number of carbonyl (C=O) groups excluding carboxylic acids is 1. The van der Waals surface area contributed by atoms with Crippen LogP contribution in [0.3, 0.4) is 0 Å². The fraction of sp³-hybridized carbons (Fsp3) is 0.667. The largest absolute Gasteiger partial charge is 0.458 e. The highest BCUT2D eigenvalue weighted by Crippen LogP contribution is 2.53. The van der Waals surface area contributed by atoms with E-state index in [1.54, 1.807) is 0 Å². The number of hydrogen-bond donors (Lipinski definition) is 5. The van der Waals surface area contributed by atoms with E-state index in [1.807, 2.05) is 0 Å². The molecule has 0 radical (unpaired) electrons. The normalized spacial score (nSPS) is 48.9. The Bertz CT molecular complexity index is 762. The lowest BCUT2D eigenvalue weighted by molar-refractivity contribution is -0.308. The Hall–Kier alpha value is -1.59. The summed E-state index contributed by atoms with van der Waals surface area (Å²) in [5.41, 5.74) is 1.52. The minimum Gasteiger partial charge on any atom is -0.458 e. The molecule has 2 heterocycles. The maximum absolute atomic E-state index is 12.1. The van der Waals surface area contributed by atoms with Gasteiger partial charge in [0, 0.05) is 17.4 Å². The Morgan fingerprint density at radius 3 is 2.33 bits per heavy atom. The SMILES string of the molecule is C=C1[C@@H]2[C@H]3OC(=O)C(=C)[C@@H]3C[C@@H](O)C(=C)[C@@H]2C[C@H]1O[C@@H]1O[C@H](CO)[C@@H](O)[C@H](O)[C@H]1O. The van der Waals surface area contributed by atoms with E-state index in [-0.39, 0.29) is 17.8 Å². The molecule has 4 aliphatic rings. The first-order valence-electron chi connectivity index (χ1n) is 10.1. The number of fused-ring (bicyclic) bond motifs is 3. The monoisotopic (exact) mass is 424 g/mol. The quantitative estimate of drug-likeness (QED) is 0.214. The molecule has 4 fully saturated rings. The smallest absolute Gasteiger partial charge is 0.334 e. The average Bonchev–Trinajstić information content (AvgIpc) is 3.15. The molecule has 2 aliphatic carbocycles. The standard InChI is InChI=1S/C21H28O9/c1-7-10-5-13(28-21-18(26)17(25)16(24)14(6-22)29-21)9(3)15(10)19-11(4-12(7)23)8(2)20(27)30-19/h10-19,21-26H,1-6H2/t10-,11-,12+,13+,14+,15-,16+,17-,18+,19-,21+/m0/s1. The molecule has 5 N–H and O–H groups in total. The van der Waals surface area contributed by atoms with Gasteiger partial charge in [0.25, 0.3) is 0 Å². The molecule has 0 unspecified atom stereocenters. The van der Waals surface area contributed by atoms with E-state index >= 15 is 0 Å². The van der Waals surface area contributed by atoms with Gasteiger partial charge in [0.1, 0.15) is 30.5 Å². The van der Waals surface area contributed by atoms with Crippen molar-refractivity contribution in [1.82, 2.24) is 0 Å². The second kappa shape index (κ2) is 7.83. The third-order valence-electron chi connectivity index (χ3n) is 6.97. The van der Waals surface area contributed by atoms with Crippen LogP contribution in [0.15, 0.2) is 36.5 Å². The van der Waals surface area contributed by atoms with Crippen LogP contribution in [-0.2, 0) is 19.0 Å². The van der Waals surface area contributed by atoms with E-state index in [0.29, 0.717) is 29.6 Å². The van der Waals surface area contributed by atoms with Gasteiger partial charge in [-0.3, -0.25) is 0 Å². The first-order chi connectivity index (χ1) is 14.1. The summed E-state index contributed by atoms with van der Waals surface area (Å²) in [5.74, 6) is -1.47. The Morgan fingerprint density at radius 2 is 1.67 bits per heavy atom. The van der Waals surface area contributed by atoms with Gasteiger partial charge in [-0.25, -0.2) is 4.79 Å². The van der Waals surface area contributed by atoms with Gasteiger partial charge in [-0.1, -0.05) is 19.7 Å². The third kappa shape index (κ3) is 3.25. The van der Waals surface area contributed by atoms with Crippen molar-refractivity contribution in [2.45, 2.75) is 61.9 Å². The molecule has 0 aromatic heterocycles. The number of esters is 1. The van der Waals surface area contributed by atoms with Crippen LogP contribution in [0.5, 0.6) is 0 Å². The first-order valence-corrected chi connectivity index (χ1v) is 10.1. The number of ether oxygens (including phenoxy) is 3. The molecule has 166 valence electrons. The maximum atomic E-state index is 12.1. The van der Waals surface area contributed by atoms with Crippen LogP contribution in [-0.4, -0.2) is 87.1 Å². The summed E-state index contributed by atoms with van der Waals surface area (Å²) in [4.78, 5) is 12.1. The van der Waals surface area contributed by atoms with Crippen molar-refractivity contribution in [2.75, 3.05) is 6.61 Å². The van der Waals surface area contributed by atoms with Gasteiger partial charge in [0.2, 0.25) is 0 Å². The highest BCUT2D eigenvalue weighted by molar-refractivity contribution is 5.91. The van der Waals surface area contributed by atoms with Crippen LogP contribution in [0, 0.1) is 17.8 Å². The minimum absolute atomic E-state index is 0.268. The van der Waals surface area contributed by atoms with Gasteiger partial charge in [-0.05, 0) is 29.9 Å². The van der Waals surface area contributed by atoms with Gasteiger partial charge < -0.3 is 39.7 Å². The van der Waals surface area contributed by atoms with Crippen LogP contribution in [0.4, 0.5) is 0 Å². The van der Waals surface area contributed by atoms with Crippen molar-refractivity contribution in [3.05, 3.63) is 36.5 Å². The van der Waals surface area contributed by atoms with Crippen molar-refractivity contribution in [3.63, 3.8) is 0 Å². The van der Waals surface area contributed by atoms with Crippen molar-refractivity contribution in [3.8, 4) is 0 Å². The molecule has 4 rings (SSSR count). The third-order valence-corrected chi connectivity index (χ3v) is 6.97. The van der Waals surface area contributed by atoms with Crippen LogP contribution in [0.2, 0.25) is 0 Å². The number of aliphatic hydroxyl groups is 5. The predicted molar refractivity (Wildman–Crippen MR) is 102 cm³/mol. The van der Waals surface area contributed by atoms with E-state index < -0.39 is 61.6 Å². The summed E-state index contributed by atoms with van der Waals surface area (Å²) in [6.45, 7) is 11.4. The molecule has 2 aliphatic heterocycles. The van der Waals surface area contributed by atoms with Gasteiger partial charge in [-0.15, -0.1) is 0 Å². The Labute approximate surface area is 173 Å². The topological polar surface area (TPSA) is 146 Å². The highest BCUT2D eigenvalue weighted by atomic mass is 16.7. The zero-order valence-corrected chi connectivity index (χ0v) is 16.5. The molecule has 11 atom stereocenters. The first kappa shape index (κ1) is 21.6. The van der Waals surface area contributed by atoms with Gasteiger partial charge in [-0.2, -0.15) is 0 Å². The van der Waals surface area contributed by atoms with Crippen LogP contribution < -0.4 is 0 Å². The lowest BCUT2D eigenvalue weighted by Gasteiger charge is -2.40.